The molecule has 1 N–H and O–H groups in total. The van der Waals surface area contributed by atoms with Crippen molar-refractivity contribution < 1.29 is 19.4 Å². The van der Waals surface area contributed by atoms with Gasteiger partial charge in [0.25, 0.3) is 0 Å². The third-order valence-electron chi connectivity index (χ3n) is 2.72. The van der Waals surface area contributed by atoms with Gasteiger partial charge in [-0.25, -0.2) is 4.79 Å². The lowest BCUT2D eigenvalue weighted by atomic mass is 10.1. The standard InChI is InChI=1S/C15H21NO4/c1-15(2,3)20-12-7-5-11(6-8-12)9-13(14(18)19)16(4)10-17/h5-8,10,13H,9H2,1-4H3,(H,18,19). The second-order valence-corrected chi connectivity index (χ2v) is 5.69. The molecule has 0 aliphatic carbocycles. The summed E-state index contributed by atoms with van der Waals surface area (Å²) >= 11 is 0. The van der Waals surface area contributed by atoms with Gasteiger partial charge in [-0.3, -0.25) is 4.79 Å². The van der Waals surface area contributed by atoms with E-state index in [-0.39, 0.29) is 12.0 Å². The van der Waals surface area contributed by atoms with Crippen LogP contribution in [0.4, 0.5) is 0 Å². The van der Waals surface area contributed by atoms with Crippen LogP contribution in [0.25, 0.3) is 0 Å². The molecule has 1 aromatic carbocycles. The van der Waals surface area contributed by atoms with Crippen LogP contribution in [-0.2, 0) is 16.0 Å². The first kappa shape index (κ1) is 16.0. The van der Waals surface area contributed by atoms with E-state index in [1.807, 2.05) is 32.9 Å². The maximum atomic E-state index is 11.1. The molecule has 0 aliphatic rings. The monoisotopic (exact) mass is 279 g/mol. The Morgan fingerprint density at radius 2 is 1.90 bits per heavy atom. The van der Waals surface area contributed by atoms with Crippen LogP contribution in [0.5, 0.6) is 5.75 Å². The molecule has 110 valence electrons. The molecule has 1 rings (SSSR count). The van der Waals surface area contributed by atoms with Crippen molar-refractivity contribution in [2.45, 2.75) is 38.8 Å². The highest BCUT2D eigenvalue weighted by Gasteiger charge is 2.22. The van der Waals surface area contributed by atoms with E-state index < -0.39 is 12.0 Å². The van der Waals surface area contributed by atoms with E-state index in [0.29, 0.717) is 6.41 Å². The number of hydrogen-bond acceptors (Lipinski definition) is 3. The Morgan fingerprint density at radius 3 is 2.30 bits per heavy atom. The molecule has 0 radical (unpaired) electrons. The zero-order valence-corrected chi connectivity index (χ0v) is 12.3. The van der Waals surface area contributed by atoms with Gasteiger partial charge in [0.2, 0.25) is 6.41 Å². The number of benzene rings is 1. The molecule has 1 atom stereocenters. The van der Waals surface area contributed by atoms with Gasteiger partial charge >= 0.3 is 5.97 Å². The summed E-state index contributed by atoms with van der Waals surface area (Å²) in [5, 5.41) is 9.12. The quantitative estimate of drug-likeness (QED) is 0.808. The molecule has 1 amide bonds. The van der Waals surface area contributed by atoms with Crippen LogP contribution in [0.15, 0.2) is 24.3 Å². The number of ether oxygens (including phenoxy) is 1. The van der Waals surface area contributed by atoms with Gasteiger partial charge in [-0.2, -0.15) is 0 Å². The van der Waals surface area contributed by atoms with E-state index in [2.05, 4.69) is 0 Å². The van der Waals surface area contributed by atoms with Crippen LogP contribution in [-0.4, -0.2) is 41.1 Å². The van der Waals surface area contributed by atoms with Crippen LogP contribution in [0, 0.1) is 0 Å². The molecule has 0 aliphatic heterocycles. The maximum Gasteiger partial charge on any atom is 0.326 e. The number of carboxylic acids is 1. The predicted molar refractivity (Wildman–Crippen MR) is 75.8 cm³/mol. The molecular formula is C15H21NO4. The van der Waals surface area contributed by atoms with E-state index in [9.17, 15) is 9.59 Å². The number of amides is 1. The molecule has 5 nitrogen and oxygen atoms in total. The summed E-state index contributed by atoms with van der Waals surface area (Å²) in [6.45, 7) is 5.88. The molecule has 1 aromatic rings. The second kappa shape index (κ2) is 6.41. The van der Waals surface area contributed by atoms with Gasteiger partial charge in [-0.15, -0.1) is 0 Å². The number of rotatable bonds is 6. The number of aliphatic carboxylic acids is 1. The summed E-state index contributed by atoms with van der Waals surface area (Å²) in [6.07, 6.45) is 0.788. The molecule has 5 heteroatoms. The lowest BCUT2D eigenvalue weighted by Gasteiger charge is -2.22. The summed E-state index contributed by atoms with van der Waals surface area (Å²) in [4.78, 5) is 23.0. The van der Waals surface area contributed by atoms with Gasteiger partial charge in [-0.1, -0.05) is 12.1 Å². The molecular weight excluding hydrogens is 258 g/mol. The van der Waals surface area contributed by atoms with Crippen molar-refractivity contribution in [3.63, 3.8) is 0 Å². The maximum absolute atomic E-state index is 11.1. The van der Waals surface area contributed by atoms with E-state index in [0.717, 1.165) is 16.2 Å². The third-order valence-corrected chi connectivity index (χ3v) is 2.72. The Balaban J connectivity index is 2.78. The average Bonchev–Trinajstić information content (AvgIpc) is 2.34. The number of carbonyl (C=O) groups excluding carboxylic acids is 1. The largest absolute Gasteiger partial charge is 0.488 e. The van der Waals surface area contributed by atoms with Crippen LogP contribution in [0.1, 0.15) is 26.3 Å². The van der Waals surface area contributed by atoms with Crippen LogP contribution < -0.4 is 4.74 Å². The molecule has 0 fully saturated rings. The molecule has 0 heterocycles. The van der Waals surface area contributed by atoms with Crippen molar-refractivity contribution in [3.05, 3.63) is 29.8 Å². The summed E-state index contributed by atoms with van der Waals surface area (Å²) in [7, 11) is 1.46. The number of nitrogens with zero attached hydrogens (tertiary/aromatic N) is 1. The van der Waals surface area contributed by atoms with Gasteiger partial charge < -0.3 is 14.7 Å². The Morgan fingerprint density at radius 1 is 1.35 bits per heavy atom. The summed E-state index contributed by atoms with van der Waals surface area (Å²) in [6, 6.07) is 6.38. The molecule has 0 saturated heterocycles. The Kier molecular flexibility index (Phi) is 5.13. The fraction of sp³-hybridized carbons (Fsp3) is 0.467. The van der Waals surface area contributed by atoms with Gasteiger partial charge in [0.1, 0.15) is 17.4 Å². The van der Waals surface area contributed by atoms with Gasteiger partial charge in [0.15, 0.2) is 0 Å². The lowest BCUT2D eigenvalue weighted by molar-refractivity contribution is -0.145. The van der Waals surface area contributed by atoms with Crippen LogP contribution in [0.3, 0.4) is 0 Å². The normalized spacial score (nSPS) is 12.6. The summed E-state index contributed by atoms with van der Waals surface area (Å²) in [5.74, 6) is -0.286. The van der Waals surface area contributed by atoms with Gasteiger partial charge in [0.05, 0.1) is 0 Å². The first-order valence-electron chi connectivity index (χ1n) is 6.41. The Hall–Kier alpha value is -2.04. The number of carbonyl (C=O) groups is 2. The zero-order valence-electron chi connectivity index (χ0n) is 12.3. The minimum absolute atomic E-state index is 0.264. The van der Waals surface area contributed by atoms with Crippen LogP contribution >= 0.6 is 0 Å². The van der Waals surface area contributed by atoms with Crippen molar-refractivity contribution in [1.82, 2.24) is 4.90 Å². The fourth-order valence-electron chi connectivity index (χ4n) is 1.75. The SMILES string of the molecule is CN(C=O)C(Cc1ccc(OC(C)(C)C)cc1)C(=O)O. The van der Waals surface area contributed by atoms with Crippen molar-refractivity contribution in [2.75, 3.05) is 7.05 Å². The van der Waals surface area contributed by atoms with E-state index in [1.54, 1.807) is 12.1 Å². The molecule has 0 aromatic heterocycles. The first-order chi connectivity index (χ1) is 9.23. The van der Waals surface area contributed by atoms with Crippen molar-refractivity contribution >= 4 is 12.4 Å². The summed E-state index contributed by atoms with van der Waals surface area (Å²) < 4.78 is 5.69. The second-order valence-electron chi connectivity index (χ2n) is 5.69. The Labute approximate surface area is 119 Å². The highest BCUT2D eigenvalue weighted by molar-refractivity contribution is 5.76. The van der Waals surface area contributed by atoms with E-state index in [1.165, 1.54) is 7.05 Å². The average molecular weight is 279 g/mol. The van der Waals surface area contributed by atoms with Gasteiger partial charge in [0, 0.05) is 13.5 Å². The topological polar surface area (TPSA) is 66.8 Å². The van der Waals surface area contributed by atoms with Crippen molar-refractivity contribution in [1.29, 1.82) is 0 Å². The van der Waals surface area contributed by atoms with Crippen LogP contribution in [0.2, 0.25) is 0 Å². The summed E-state index contributed by atoms with van der Waals surface area (Å²) in [5.41, 5.74) is 0.565. The molecule has 20 heavy (non-hydrogen) atoms. The van der Waals surface area contributed by atoms with E-state index in [4.69, 9.17) is 9.84 Å². The minimum Gasteiger partial charge on any atom is -0.488 e. The van der Waals surface area contributed by atoms with E-state index >= 15 is 0 Å². The minimum atomic E-state index is -1.02. The highest BCUT2D eigenvalue weighted by atomic mass is 16.5. The third kappa shape index (κ3) is 4.91. The smallest absolute Gasteiger partial charge is 0.326 e. The zero-order chi connectivity index (χ0) is 15.3. The molecule has 0 spiro atoms. The lowest BCUT2D eigenvalue weighted by Crippen LogP contribution is -2.39. The first-order valence-corrected chi connectivity index (χ1v) is 6.41. The number of carboxylic acid groups (broad SMARTS) is 1. The molecule has 0 saturated carbocycles. The van der Waals surface area contributed by atoms with Gasteiger partial charge in [-0.05, 0) is 38.5 Å². The fourth-order valence-corrected chi connectivity index (χ4v) is 1.75. The highest BCUT2D eigenvalue weighted by Crippen LogP contribution is 2.19. The molecule has 1 unspecified atom stereocenters. The van der Waals surface area contributed by atoms with Crippen molar-refractivity contribution in [2.24, 2.45) is 0 Å². The number of hydrogen-bond donors (Lipinski definition) is 1. The van der Waals surface area contributed by atoms with Crippen molar-refractivity contribution in [3.8, 4) is 5.75 Å². The molecule has 0 bridgehead atoms. The Bertz CT molecular complexity index is 462. The number of likely N-dealkylation sites (N-methyl/N-ethyl adjacent to an activating group) is 1. The predicted octanol–water partition coefficient (Wildman–Crippen LogP) is 1.95.